The molecule has 0 amide bonds. The predicted molar refractivity (Wildman–Crippen MR) is 139 cm³/mol. The lowest BCUT2D eigenvalue weighted by Crippen LogP contribution is -2.53. The highest BCUT2D eigenvalue weighted by Gasteiger charge is 2.60. The van der Waals surface area contributed by atoms with Crippen LogP contribution in [-0.4, -0.2) is 11.6 Å². The van der Waals surface area contributed by atoms with Crippen LogP contribution in [0.25, 0.3) is 0 Å². The molecule has 6 atom stereocenters. The first-order valence-electron chi connectivity index (χ1n) is 14.2. The van der Waals surface area contributed by atoms with Gasteiger partial charge < -0.3 is 0 Å². The van der Waals surface area contributed by atoms with E-state index in [9.17, 15) is 9.59 Å². The molecule has 0 aromatic heterocycles. The summed E-state index contributed by atoms with van der Waals surface area (Å²) in [6.45, 7) is 12.8. The summed E-state index contributed by atoms with van der Waals surface area (Å²) in [5.74, 6) is 3.41. The van der Waals surface area contributed by atoms with Crippen LogP contribution in [0, 0.1) is 34.5 Å². The number of Topliss-reactive ketones (excluding diaryl/α,β-unsaturated/α-hetero) is 1. The van der Waals surface area contributed by atoms with Gasteiger partial charge in [-0.15, -0.1) is 6.58 Å². The van der Waals surface area contributed by atoms with Gasteiger partial charge in [-0.05, 0) is 80.1 Å². The minimum absolute atomic E-state index is 0.0418. The molecule has 0 aliphatic heterocycles. The fourth-order valence-electron chi connectivity index (χ4n) is 8.10. The third kappa shape index (κ3) is 5.25. The van der Waals surface area contributed by atoms with Crippen LogP contribution in [0.1, 0.15) is 124 Å². The molecule has 2 nitrogen and oxygen atoms in total. The predicted octanol–water partition coefficient (Wildman–Crippen LogP) is 8.65. The lowest BCUT2D eigenvalue weighted by molar-refractivity contribution is -0.134. The lowest BCUT2D eigenvalue weighted by Gasteiger charge is -2.59. The summed E-state index contributed by atoms with van der Waals surface area (Å²) in [5.41, 5.74) is 1.63. The fourth-order valence-corrected chi connectivity index (χ4v) is 8.10. The average molecular weight is 455 g/mol. The van der Waals surface area contributed by atoms with Crippen molar-refractivity contribution in [2.75, 3.05) is 0 Å². The molecule has 4 aliphatic rings. The standard InChI is InChI=1S/C25H38O2.C6H12/c1-4-5-6-7-8-17-15-19(26)16-18-9-10-20-21-11-12-23(27)24(21,2)14-13-22(20)25(17,18)3;1-3-5-6-4-2/h16-17,20-22H,4-15H2,1-3H3;3H,1,4-6H2,2H3/t17-,20-,21-,22-,24-,25-;/m0./s1. The summed E-state index contributed by atoms with van der Waals surface area (Å²) in [7, 11) is 0. The molecule has 3 saturated carbocycles. The van der Waals surface area contributed by atoms with Gasteiger partial charge in [0.15, 0.2) is 5.78 Å². The van der Waals surface area contributed by atoms with E-state index in [0.717, 1.165) is 32.1 Å². The Balaban J connectivity index is 0.000000454. The van der Waals surface area contributed by atoms with Crippen LogP contribution in [0.4, 0.5) is 0 Å². The smallest absolute Gasteiger partial charge is 0.155 e. The van der Waals surface area contributed by atoms with E-state index >= 15 is 0 Å². The molecule has 0 spiro atoms. The van der Waals surface area contributed by atoms with Gasteiger partial charge in [-0.1, -0.05) is 77.9 Å². The zero-order valence-corrected chi connectivity index (χ0v) is 22.1. The van der Waals surface area contributed by atoms with E-state index < -0.39 is 0 Å². The molecule has 3 fully saturated rings. The summed E-state index contributed by atoms with van der Waals surface area (Å²) >= 11 is 0. The van der Waals surface area contributed by atoms with Crippen LogP contribution in [0.3, 0.4) is 0 Å². The number of fused-ring (bicyclic) bond motifs is 5. The molecule has 0 radical (unpaired) electrons. The van der Waals surface area contributed by atoms with E-state index in [1.54, 1.807) is 0 Å². The third-order valence-corrected chi connectivity index (χ3v) is 10.2. The number of carbonyl (C=O) groups is 2. The highest BCUT2D eigenvalue weighted by Crippen LogP contribution is 2.66. The number of carbonyl (C=O) groups excluding carboxylic acids is 2. The molecule has 0 saturated heterocycles. The van der Waals surface area contributed by atoms with Gasteiger partial charge in [0.25, 0.3) is 0 Å². The summed E-state index contributed by atoms with van der Waals surface area (Å²) in [4.78, 5) is 25.1. The van der Waals surface area contributed by atoms with Gasteiger partial charge >= 0.3 is 0 Å². The number of unbranched alkanes of at least 4 members (excludes halogenated alkanes) is 5. The van der Waals surface area contributed by atoms with E-state index in [1.165, 1.54) is 69.8 Å². The van der Waals surface area contributed by atoms with Gasteiger partial charge in [0.2, 0.25) is 0 Å². The normalized spacial score (nSPS) is 37.3. The topological polar surface area (TPSA) is 34.1 Å². The highest BCUT2D eigenvalue weighted by molar-refractivity contribution is 5.92. The van der Waals surface area contributed by atoms with E-state index in [1.807, 2.05) is 12.2 Å². The number of rotatable bonds is 8. The SMILES string of the molecule is C=CCCCC.CCCCCC[C@H]1CC(=O)C=C2CC[C@@H]3[C@H](CC[C@]4(C)C(=O)CC[C@@H]34)[C@]21C. The zero-order chi connectivity index (χ0) is 24.1. The molecule has 33 heavy (non-hydrogen) atoms. The van der Waals surface area contributed by atoms with E-state index in [4.69, 9.17) is 0 Å². The number of hydrogen-bond acceptors (Lipinski definition) is 2. The number of hydrogen-bond donors (Lipinski definition) is 0. The van der Waals surface area contributed by atoms with Crippen LogP contribution in [0.15, 0.2) is 24.3 Å². The Morgan fingerprint density at radius 1 is 0.970 bits per heavy atom. The largest absolute Gasteiger partial charge is 0.299 e. The highest BCUT2D eigenvalue weighted by atomic mass is 16.1. The number of ketones is 2. The van der Waals surface area contributed by atoms with Crippen molar-refractivity contribution in [2.45, 2.75) is 124 Å². The Bertz CT molecular complexity index is 733. The monoisotopic (exact) mass is 454 g/mol. The van der Waals surface area contributed by atoms with Crippen molar-refractivity contribution in [3.05, 3.63) is 24.3 Å². The molecular formula is C31H50O2. The van der Waals surface area contributed by atoms with Crippen molar-refractivity contribution < 1.29 is 9.59 Å². The Hall–Kier alpha value is -1.18. The van der Waals surface area contributed by atoms with Gasteiger partial charge in [0.05, 0.1) is 0 Å². The Morgan fingerprint density at radius 3 is 2.39 bits per heavy atom. The first-order valence-corrected chi connectivity index (χ1v) is 14.2. The zero-order valence-electron chi connectivity index (χ0n) is 22.1. The van der Waals surface area contributed by atoms with E-state index in [0.29, 0.717) is 35.2 Å². The number of allylic oxidation sites excluding steroid dienone is 2. The molecule has 0 aromatic carbocycles. The van der Waals surface area contributed by atoms with Crippen LogP contribution in [0.2, 0.25) is 0 Å². The van der Waals surface area contributed by atoms with Gasteiger partial charge in [0, 0.05) is 18.3 Å². The molecule has 4 rings (SSSR count). The summed E-state index contributed by atoms with van der Waals surface area (Å²) < 4.78 is 0. The van der Waals surface area contributed by atoms with Crippen molar-refractivity contribution in [3.63, 3.8) is 0 Å². The van der Waals surface area contributed by atoms with Gasteiger partial charge in [-0.25, -0.2) is 0 Å². The Kier molecular flexibility index (Phi) is 9.21. The van der Waals surface area contributed by atoms with Crippen LogP contribution in [-0.2, 0) is 9.59 Å². The van der Waals surface area contributed by atoms with E-state index in [2.05, 4.69) is 34.3 Å². The second kappa shape index (κ2) is 11.5. The maximum atomic E-state index is 12.6. The van der Waals surface area contributed by atoms with Crippen molar-refractivity contribution in [3.8, 4) is 0 Å². The molecule has 0 N–H and O–H groups in total. The molecule has 186 valence electrons. The van der Waals surface area contributed by atoms with Gasteiger partial charge in [0.1, 0.15) is 5.78 Å². The summed E-state index contributed by atoms with van der Waals surface area (Å²) in [6, 6.07) is 0. The fraction of sp³-hybridized carbons (Fsp3) is 0.806. The molecule has 0 unspecified atom stereocenters. The second-order valence-corrected chi connectivity index (χ2v) is 11.9. The molecule has 4 aliphatic carbocycles. The minimum Gasteiger partial charge on any atom is -0.299 e. The van der Waals surface area contributed by atoms with Gasteiger partial charge in [-0.3, -0.25) is 9.59 Å². The second-order valence-electron chi connectivity index (χ2n) is 11.9. The average Bonchev–Trinajstić information content (AvgIpc) is 3.11. The molecule has 0 bridgehead atoms. The Labute approximate surface area is 204 Å². The first-order chi connectivity index (χ1) is 15.8. The summed E-state index contributed by atoms with van der Waals surface area (Å²) in [5, 5.41) is 0. The quantitative estimate of drug-likeness (QED) is 0.271. The third-order valence-electron chi connectivity index (χ3n) is 10.2. The molecule has 2 heteroatoms. The minimum atomic E-state index is -0.0418. The molecule has 0 heterocycles. The molecule has 0 aromatic rings. The van der Waals surface area contributed by atoms with Gasteiger partial charge in [-0.2, -0.15) is 0 Å². The van der Waals surface area contributed by atoms with Crippen LogP contribution < -0.4 is 0 Å². The Morgan fingerprint density at radius 2 is 1.73 bits per heavy atom. The maximum absolute atomic E-state index is 12.6. The van der Waals surface area contributed by atoms with Crippen LogP contribution in [0.5, 0.6) is 0 Å². The van der Waals surface area contributed by atoms with Crippen molar-refractivity contribution >= 4 is 11.6 Å². The first kappa shape index (κ1) is 26.4. The van der Waals surface area contributed by atoms with Crippen molar-refractivity contribution in [2.24, 2.45) is 34.5 Å². The maximum Gasteiger partial charge on any atom is 0.155 e. The lowest BCUT2D eigenvalue weighted by atomic mass is 9.45. The molecular weight excluding hydrogens is 404 g/mol. The van der Waals surface area contributed by atoms with Crippen LogP contribution >= 0.6 is 0 Å². The van der Waals surface area contributed by atoms with E-state index in [-0.39, 0.29) is 10.8 Å². The van der Waals surface area contributed by atoms with Crippen molar-refractivity contribution in [1.29, 1.82) is 0 Å². The van der Waals surface area contributed by atoms with Crippen molar-refractivity contribution in [1.82, 2.24) is 0 Å². The summed E-state index contributed by atoms with van der Waals surface area (Å²) in [6.07, 6.45) is 21.4.